The molecule has 0 atom stereocenters. The summed E-state index contributed by atoms with van der Waals surface area (Å²) in [6.45, 7) is 0.838. The van der Waals surface area contributed by atoms with Gasteiger partial charge in [-0.3, -0.25) is 0 Å². The summed E-state index contributed by atoms with van der Waals surface area (Å²) in [6, 6.07) is 10.5. The molecule has 0 saturated heterocycles. The Bertz CT molecular complexity index is 774. The van der Waals surface area contributed by atoms with Crippen molar-refractivity contribution in [2.24, 2.45) is 0 Å². The van der Waals surface area contributed by atoms with E-state index in [4.69, 9.17) is 5.73 Å². The summed E-state index contributed by atoms with van der Waals surface area (Å²) < 4.78 is 2.31. The second kappa shape index (κ2) is 4.34. The van der Waals surface area contributed by atoms with Crippen LogP contribution in [0, 0.1) is 0 Å². The van der Waals surface area contributed by atoms with Crippen molar-refractivity contribution in [3.63, 3.8) is 0 Å². The summed E-state index contributed by atoms with van der Waals surface area (Å²) >= 11 is 0. The summed E-state index contributed by atoms with van der Waals surface area (Å²) in [5.74, 6) is 0.584. The summed E-state index contributed by atoms with van der Waals surface area (Å²) in [5.41, 5.74) is 12.2. The van der Waals surface area contributed by atoms with Gasteiger partial charge >= 0.3 is 0 Å². The number of nitrogen functional groups attached to an aromatic ring is 1. The molecule has 1 aliphatic carbocycles. The van der Waals surface area contributed by atoms with E-state index in [2.05, 4.69) is 38.8 Å². The minimum absolute atomic E-state index is 0.584. The highest BCUT2D eigenvalue weighted by molar-refractivity contribution is 5.89. The number of hydrogen-bond acceptors (Lipinski definition) is 3. The number of aryl methyl sites for hydroxylation is 1. The molecule has 4 nitrogen and oxygen atoms in total. The smallest absolute Gasteiger partial charge is 0.151 e. The zero-order valence-electron chi connectivity index (χ0n) is 11.2. The van der Waals surface area contributed by atoms with E-state index in [9.17, 15) is 0 Å². The lowest BCUT2D eigenvalue weighted by Gasteiger charge is -2.10. The fraction of sp³-hybridized carbons (Fsp3) is 0.250. The molecule has 20 heavy (non-hydrogen) atoms. The Morgan fingerprint density at radius 3 is 2.80 bits per heavy atom. The Labute approximate surface area is 117 Å². The van der Waals surface area contributed by atoms with Gasteiger partial charge in [0.15, 0.2) is 5.82 Å². The second-order valence-electron chi connectivity index (χ2n) is 5.31. The van der Waals surface area contributed by atoms with Crippen LogP contribution in [0.5, 0.6) is 0 Å². The first kappa shape index (κ1) is 11.5. The molecule has 4 heteroatoms. The SMILES string of the molecule is Nc1ncnc2c3c(n(Cc4ccccc4)c12)CCC3. The van der Waals surface area contributed by atoms with Gasteiger partial charge in [0, 0.05) is 12.2 Å². The van der Waals surface area contributed by atoms with Crippen molar-refractivity contribution >= 4 is 16.9 Å². The molecule has 2 aromatic heterocycles. The molecule has 0 aliphatic heterocycles. The average Bonchev–Trinajstić information content (AvgIpc) is 3.04. The normalized spacial score (nSPS) is 13.8. The monoisotopic (exact) mass is 264 g/mol. The fourth-order valence-corrected chi connectivity index (χ4v) is 3.24. The quantitative estimate of drug-likeness (QED) is 0.774. The topological polar surface area (TPSA) is 56.7 Å². The highest BCUT2D eigenvalue weighted by Gasteiger charge is 2.24. The standard InChI is InChI=1S/C16H16N4/c17-16-15-14(18-10-19-16)12-7-4-8-13(12)20(15)9-11-5-2-1-3-6-11/h1-3,5-6,10H,4,7-9H2,(H2,17,18,19). The first-order chi connectivity index (χ1) is 9.84. The maximum atomic E-state index is 6.10. The number of hydrogen-bond donors (Lipinski definition) is 1. The molecule has 0 radical (unpaired) electrons. The van der Waals surface area contributed by atoms with Gasteiger partial charge in [0.25, 0.3) is 0 Å². The Morgan fingerprint density at radius 1 is 1.10 bits per heavy atom. The van der Waals surface area contributed by atoms with Crippen LogP contribution in [0.15, 0.2) is 36.7 Å². The minimum atomic E-state index is 0.584. The Hall–Kier alpha value is -2.36. The van der Waals surface area contributed by atoms with E-state index in [1.807, 2.05) is 6.07 Å². The van der Waals surface area contributed by atoms with E-state index in [0.29, 0.717) is 5.82 Å². The molecule has 0 fully saturated rings. The number of rotatable bonds is 2. The van der Waals surface area contributed by atoms with Gasteiger partial charge in [-0.2, -0.15) is 0 Å². The lowest BCUT2D eigenvalue weighted by molar-refractivity contribution is 0.765. The van der Waals surface area contributed by atoms with Crippen molar-refractivity contribution in [2.75, 3.05) is 5.73 Å². The summed E-state index contributed by atoms with van der Waals surface area (Å²) in [4.78, 5) is 8.63. The summed E-state index contributed by atoms with van der Waals surface area (Å²) in [5, 5.41) is 0. The van der Waals surface area contributed by atoms with Crippen molar-refractivity contribution in [1.82, 2.24) is 14.5 Å². The third kappa shape index (κ3) is 1.61. The summed E-state index contributed by atoms with van der Waals surface area (Å²) in [7, 11) is 0. The van der Waals surface area contributed by atoms with E-state index in [1.165, 1.54) is 23.2 Å². The van der Waals surface area contributed by atoms with Crippen LogP contribution in [-0.2, 0) is 19.4 Å². The maximum absolute atomic E-state index is 6.10. The predicted octanol–water partition coefficient (Wildman–Crippen LogP) is 2.55. The van der Waals surface area contributed by atoms with Crippen LogP contribution >= 0.6 is 0 Å². The molecule has 0 spiro atoms. The third-order valence-electron chi connectivity index (χ3n) is 4.10. The first-order valence-electron chi connectivity index (χ1n) is 6.99. The lowest BCUT2D eigenvalue weighted by atomic mass is 10.2. The van der Waals surface area contributed by atoms with Gasteiger partial charge < -0.3 is 10.3 Å². The van der Waals surface area contributed by atoms with Crippen LogP contribution in [0.1, 0.15) is 23.2 Å². The molecule has 4 rings (SSSR count). The number of aromatic nitrogens is 3. The van der Waals surface area contributed by atoms with Gasteiger partial charge in [0.2, 0.25) is 0 Å². The minimum Gasteiger partial charge on any atom is -0.382 e. The van der Waals surface area contributed by atoms with Crippen LogP contribution in [0.2, 0.25) is 0 Å². The molecule has 100 valence electrons. The van der Waals surface area contributed by atoms with Crippen molar-refractivity contribution in [3.05, 3.63) is 53.5 Å². The highest BCUT2D eigenvalue weighted by Crippen LogP contribution is 2.34. The zero-order chi connectivity index (χ0) is 13.5. The van der Waals surface area contributed by atoms with Crippen LogP contribution in [0.4, 0.5) is 5.82 Å². The first-order valence-corrected chi connectivity index (χ1v) is 6.99. The van der Waals surface area contributed by atoms with E-state index >= 15 is 0 Å². The summed E-state index contributed by atoms with van der Waals surface area (Å²) in [6.07, 6.45) is 4.99. The molecule has 2 N–H and O–H groups in total. The molecular formula is C16H16N4. The second-order valence-corrected chi connectivity index (χ2v) is 5.31. The average molecular weight is 264 g/mol. The largest absolute Gasteiger partial charge is 0.382 e. The lowest BCUT2D eigenvalue weighted by Crippen LogP contribution is -2.06. The van der Waals surface area contributed by atoms with Crippen LogP contribution in [-0.4, -0.2) is 14.5 Å². The van der Waals surface area contributed by atoms with Crippen molar-refractivity contribution in [3.8, 4) is 0 Å². The molecule has 0 saturated carbocycles. The van der Waals surface area contributed by atoms with Gasteiger partial charge in [0.05, 0.1) is 5.52 Å². The van der Waals surface area contributed by atoms with Gasteiger partial charge in [-0.05, 0) is 30.4 Å². The van der Waals surface area contributed by atoms with Crippen LogP contribution in [0.25, 0.3) is 11.0 Å². The van der Waals surface area contributed by atoms with Gasteiger partial charge in [-0.25, -0.2) is 9.97 Å². The molecule has 3 aromatic rings. The number of benzene rings is 1. The maximum Gasteiger partial charge on any atom is 0.151 e. The van der Waals surface area contributed by atoms with E-state index in [1.54, 1.807) is 6.33 Å². The fourth-order valence-electron chi connectivity index (χ4n) is 3.24. The van der Waals surface area contributed by atoms with Gasteiger partial charge in [-0.15, -0.1) is 0 Å². The van der Waals surface area contributed by atoms with Gasteiger partial charge in [-0.1, -0.05) is 30.3 Å². The van der Waals surface area contributed by atoms with Crippen molar-refractivity contribution in [2.45, 2.75) is 25.8 Å². The molecule has 0 unspecified atom stereocenters. The Balaban J connectivity index is 1.94. The predicted molar refractivity (Wildman–Crippen MR) is 79.5 cm³/mol. The van der Waals surface area contributed by atoms with Crippen molar-refractivity contribution in [1.29, 1.82) is 0 Å². The number of anilines is 1. The van der Waals surface area contributed by atoms with E-state index in [0.717, 1.165) is 30.4 Å². The van der Waals surface area contributed by atoms with Crippen LogP contribution < -0.4 is 5.73 Å². The molecule has 0 bridgehead atoms. The number of nitrogens with two attached hydrogens (primary N) is 1. The molecule has 1 aliphatic rings. The zero-order valence-corrected chi connectivity index (χ0v) is 11.2. The number of nitrogens with zero attached hydrogens (tertiary/aromatic N) is 3. The Morgan fingerprint density at radius 2 is 1.95 bits per heavy atom. The molecule has 0 amide bonds. The third-order valence-corrected chi connectivity index (χ3v) is 4.10. The van der Waals surface area contributed by atoms with E-state index < -0.39 is 0 Å². The molecule has 2 heterocycles. The highest BCUT2D eigenvalue weighted by atomic mass is 15.1. The van der Waals surface area contributed by atoms with Gasteiger partial charge in [0.1, 0.15) is 11.8 Å². The van der Waals surface area contributed by atoms with Crippen LogP contribution in [0.3, 0.4) is 0 Å². The van der Waals surface area contributed by atoms with Crippen molar-refractivity contribution < 1.29 is 0 Å². The molecular weight excluding hydrogens is 248 g/mol. The molecule has 1 aromatic carbocycles. The number of fused-ring (bicyclic) bond motifs is 3. The Kier molecular flexibility index (Phi) is 2.49. The van der Waals surface area contributed by atoms with E-state index in [-0.39, 0.29) is 0 Å².